The maximum atomic E-state index is 13.1. The first-order valence-electron chi connectivity index (χ1n) is 7.02. The summed E-state index contributed by atoms with van der Waals surface area (Å²) in [7, 11) is 0. The summed E-state index contributed by atoms with van der Waals surface area (Å²) >= 11 is 0. The summed E-state index contributed by atoms with van der Waals surface area (Å²) in [6.45, 7) is 0. The molecule has 1 atom stereocenters. The van der Waals surface area contributed by atoms with Crippen LogP contribution in [0.1, 0.15) is 28.8 Å². The largest absolute Gasteiger partial charge is 0.294 e. The normalized spacial score (nSPS) is 11.9. The maximum Gasteiger partial charge on any atom is 0.220 e. The highest BCUT2D eigenvalue weighted by atomic mass is 19.1. The number of halogens is 1. The van der Waals surface area contributed by atoms with Gasteiger partial charge in [0.2, 0.25) is 6.04 Å². The van der Waals surface area contributed by atoms with Crippen LogP contribution in [0.4, 0.5) is 4.39 Å². The van der Waals surface area contributed by atoms with Gasteiger partial charge in [0.05, 0.1) is 6.42 Å². The maximum absolute atomic E-state index is 13.1. The van der Waals surface area contributed by atoms with Gasteiger partial charge < -0.3 is 0 Å². The van der Waals surface area contributed by atoms with E-state index in [-0.39, 0.29) is 18.4 Å². The number of rotatable bonds is 7. The molecule has 0 aliphatic carbocycles. The number of nitrogens with zero attached hydrogens (tertiary/aromatic N) is 1. The van der Waals surface area contributed by atoms with Crippen molar-refractivity contribution in [1.29, 1.82) is 0 Å². The number of Topliss-reactive ketones (excluding diaryl/α,β-unsaturated/α-hetero) is 1. The van der Waals surface area contributed by atoms with Crippen LogP contribution in [0.15, 0.2) is 54.6 Å². The van der Waals surface area contributed by atoms with E-state index in [1.807, 2.05) is 30.3 Å². The molecule has 0 amide bonds. The Bertz CT molecular complexity index is 658. The van der Waals surface area contributed by atoms with Crippen molar-refractivity contribution in [2.45, 2.75) is 25.3 Å². The Kier molecular flexibility index (Phi) is 5.36. The van der Waals surface area contributed by atoms with Crippen molar-refractivity contribution in [2.24, 2.45) is 0 Å². The van der Waals surface area contributed by atoms with Crippen LogP contribution in [-0.4, -0.2) is 16.7 Å². The van der Waals surface area contributed by atoms with Crippen LogP contribution < -0.4 is 0 Å². The molecule has 5 heteroatoms. The first kappa shape index (κ1) is 15.8. The van der Waals surface area contributed by atoms with E-state index in [0.717, 1.165) is 11.6 Å². The van der Waals surface area contributed by atoms with Crippen molar-refractivity contribution in [2.75, 3.05) is 0 Å². The first-order valence-corrected chi connectivity index (χ1v) is 7.02. The standard InChI is InChI=1S/C17H16FNO3/c18-15-8-4-7-14(11-15)17(20)12-16(19(21)22)10-9-13-5-2-1-3-6-13/h1-8,11,16H,9-10,12H2. The molecule has 0 aliphatic heterocycles. The van der Waals surface area contributed by atoms with E-state index in [1.165, 1.54) is 18.2 Å². The number of aryl methyl sites for hydroxylation is 1. The van der Waals surface area contributed by atoms with Crippen LogP contribution in [0.2, 0.25) is 0 Å². The molecule has 114 valence electrons. The van der Waals surface area contributed by atoms with Crippen molar-refractivity contribution >= 4 is 5.78 Å². The number of carbonyl (C=O) groups excluding carboxylic acids is 1. The van der Waals surface area contributed by atoms with Crippen LogP contribution in [-0.2, 0) is 6.42 Å². The molecule has 0 saturated heterocycles. The molecule has 2 aromatic carbocycles. The van der Waals surface area contributed by atoms with Gasteiger partial charge in [-0.3, -0.25) is 14.9 Å². The minimum absolute atomic E-state index is 0.173. The second kappa shape index (κ2) is 7.45. The van der Waals surface area contributed by atoms with E-state index in [9.17, 15) is 19.3 Å². The van der Waals surface area contributed by atoms with Gasteiger partial charge in [0, 0.05) is 16.9 Å². The van der Waals surface area contributed by atoms with Gasteiger partial charge in [-0.1, -0.05) is 42.5 Å². The number of hydrogen-bond acceptors (Lipinski definition) is 3. The third kappa shape index (κ3) is 4.48. The number of nitro groups is 1. The number of benzene rings is 2. The third-order valence-electron chi connectivity index (χ3n) is 3.47. The molecule has 0 saturated carbocycles. The van der Waals surface area contributed by atoms with Crippen molar-refractivity contribution < 1.29 is 14.1 Å². The number of hydrogen-bond donors (Lipinski definition) is 0. The van der Waals surface area contributed by atoms with E-state index in [4.69, 9.17) is 0 Å². The zero-order valence-electron chi connectivity index (χ0n) is 11.9. The second-order valence-corrected chi connectivity index (χ2v) is 5.10. The molecular formula is C17H16FNO3. The Labute approximate surface area is 127 Å². The average Bonchev–Trinajstić information content (AvgIpc) is 2.52. The molecule has 2 rings (SSSR count). The van der Waals surface area contributed by atoms with Gasteiger partial charge in [-0.25, -0.2) is 4.39 Å². The summed E-state index contributed by atoms with van der Waals surface area (Å²) in [4.78, 5) is 22.8. The SMILES string of the molecule is O=C(CC(CCc1ccccc1)[N+](=O)[O-])c1cccc(F)c1. The molecule has 22 heavy (non-hydrogen) atoms. The van der Waals surface area contributed by atoms with Gasteiger partial charge >= 0.3 is 0 Å². The summed E-state index contributed by atoms with van der Waals surface area (Å²) in [5, 5.41) is 11.1. The number of carbonyl (C=O) groups is 1. The molecular weight excluding hydrogens is 285 g/mol. The molecule has 0 fully saturated rings. The van der Waals surface area contributed by atoms with Crippen LogP contribution >= 0.6 is 0 Å². The minimum atomic E-state index is -0.962. The fraction of sp³-hybridized carbons (Fsp3) is 0.235. The summed E-state index contributed by atoms with van der Waals surface area (Å²) in [6, 6.07) is 13.7. The topological polar surface area (TPSA) is 60.2 Å². The smallest absolute Gasteiger partial charge is 0.220 e. The first-order chi connectivity index (χ1) is 10.6. The second-order valence-electron chi connectivity index (χ2n) is 5.10. The molecule has 0 heterocycles. The monoisotopic (exact) mass is 301 g/mol. The summed E-state index contributed by atoms with van der Waals surface area (Å²) in [6.07, 6.45) is 0.588. The quantitative estimate of drug-likeness (QED) is 0.445. The molecule has 0 bridgehead atoms. The van der Waals surface area contributed by atoms with Crippen LogP contribution in [0, 0.1) is 15.9 Å². The molecule has 2 aromatic rings. The van der Waals surface area contributed by atoms with E-state index >= 15 is 0 Å². The van der Waals surface area contributed by atoms with Gasteiger partial charge in [-0.05, 0) is 24.1 Å². The predicted octanol–water partition coefficient (Wildman–Crippen LogP) is 3.68. The van der Waals surface area contributed by atoms with E-state index < -0.39 is 22.6 Å². The minimum Gasteiger partial charge on any atom is -0.294 e. The lowest BCUT2D eigenvalue weighted by atomic mass is 9.98. The van der Waals surface area contributed by atoms with E-state index in [2.05, 4.69) is 0 Å². The Hall–Kier alpha value is -2.56. The van der Waals surface area contributed by atoms with Gasteiger partial charge in [0.15, 0.2) is 5.78 Å². The molecule has 0 spiro atoms. The highest BCUT2D eigenvalue weighted by molar-refractivity contribution is 5.96. The zero-order chi connectivity index (χ0) is 15.9. The van der Waals surface area contributed by atoms with E-state index in [1.54, 1.807) is 0 Å². The van der Waals surface area contributed by atoms with Gasteiger partial charge in [0.25, 0.3) is 0 Å². The van der Waals surface area contributed by atoms with Crippen LogP contribution in [0.25, 0.3) is 0 Å². The van der Waals surface area contributed by atoms with Crippen molar-refractivity contribution in [3.8, 4) is 0 Å². The fourth-order valence-electron chi connectivity index (χ4n) is 2.25. The Morgan fingerprint density at radius 2 is 1.86 bits per heavy atom. The summed E-state index contributed by atoms with van der Waals surface area (Å²) < 4.78 is 13.1. The molecule has 1 unspecified atom stereocenters. The average molecular weight is 301 g/mol. The van der Waals surface area contributed by atoms with Crippen LogP contribution in [0.3, 0.4) is 0 Å². The van der Waals surface area contributed by atoms with Crippen LogP contribution in [0.5, 0.6) is 0 Å². The van der Waals surface area contributed by atoms with Crippen molar-refractivity contribution in [3.63, 3.8) is 0 Å². The molecule has 4 nitrogen and oxygen atoms in total. The lowest BCUT2D eigenvalue weighted by Gasteiger charge is -2.09. The Balaban J connectivity index is 1.99. The van der Waals surface area contributed by atoms with E-state index in [0.29, 0.717) is 6.42 Å². The molecule has 0 aliphatic rings. The molecule has 0 aromatic heterocycles. The third-order valence-corrected chi connectivity index (χ3v) is 3.47. The van der Waals surface area contributed by atoms with Crippen molar-refractivity contribution in [1.82, 2.24) is 0 Å². The van der Waals surface area contributed by atoms with Gasteiger partial charge in [-0.15, -0.1) is 0 Å². The molecule has 0 radical (unpaired) electrons. The summed E-state index contributed by atoms with van der Waals surface area (Å²) in [5.74, 6) is -0.929. The van der Waals surface area contributed by atoms with Gasteiger partial charge in [-0.2, -0.15) is 0 Å². The lowest BCUT2D eigenvalue weighted by Crippen LogP contribution is -2.24. The number of ketones is 1. The highest BCUT2D eigenvalue weighted by Crippen LogP contribution is 2.14. The van der Waals surface area contributed by atoms with Gasteiger partial charge in [0.1, 0.15) is 5.82 Å². The summed E-state index contributed by atoms with van der Waals surface area (Å²) in [5.41, 5.74) is 1.17. The Morgan fingerprint density at radius 1 is 1.14 bits per heavy atom. The zero-order valence-corrected chi connectivity index (χ0v) is 11.9. The highest BCUT2D eigenvalue weighted by Gasteiger charge is 2.24. The van der Waals surface area contributed by atoms with Crippen molar-refractivity contribution in [3.05, 3.63) is 81.7 Å². The predicted molar refractivity (Wildman–Crippen MR) is 80.9 cm³/mol. The molecule has 0 N–H and O–H groups in total. The Morgan fingerprint density at radius 3 is 2.50 bits per heavy atom. The lowest BCUT2D eigenvalue weighted by molar-refractivity contribution is -0.521. The fourth-order valence-corrected chi connectivity index (χ4v) is 2.25.